The Kier molecular flexibility index (Phi) is 9.42. The fourth-order valence-corrected chi connectivity index (χ4v) is 8.87. The predicted octanol–water partition coefficient (Wildman–Crippen LogP) is 7.01. The number of benzene rings is 1. The van der Waals surface area contributed by atoms with Gasteiger partial charge in [0, 0.05) is 98.4 Å². The van der Waals surface area contributed by atoms with Crippen molar-refractivity contribution in [3.63, 3.8) is 0 Å². The van der Waals surface area contributed by atoms with Crippen molar-refractivity contribution in [1.29, 1.82) is 5.41 Å². The first-order valence-electron chi connectivity index (χ1n) is 15.4. The van der Waals surface area contributed by atoms with Gasteiger partial charge in [0.1, 0.15) is 0 Å². The Hall–Kier alpha value is -1.88. The van der Waals surface area contributed by atoms with Crippen LogP contribution in [0.5, 0.6) is 0 Å². The second-order valence-electron chi connectivity index (χ2n) is 14.4. The Morgan fingerprint density at radius 3 is 2.43 bits per heavy atom. The lowest BCUT2D eigenvalue weighted by atomic mass is 9.59. The number of nitrogens with zero attached hydrogens (tertiary/aromatic N) is 6. The number of hydrogen-bond acceptors (Lipinski definition) is 8. The summed E-state index contributed by atoms with van der Waals surface area (Å²) >= 11 is 9.53. The Bertz CT molecular complexity index is 1480. The Balaban J connectivity index is 1.60. The molecule has 1 unspecified atom stereocenters. The van der Waals surface area contributed by atoms with Crippen molar-refractivity contribution in [2.45, 2.75) is 78.4 Å². The Labute approximate surface area is 282 Å². The number of aryl methyl sites for hydroxylation is 1. The maximum Gasteiger partial charge on any atom is 0.159 e. The molecule has 0 bridgehead atoms. The summed E-state index contributed by atoms with van der Waals surface area (Å²) in [6, 6.07) is 2.41. The van der Waals surface area contributed by atoms with Gasteiger partial charge >= 0.3 is 0 Å². The highest BCUT2D eigenvalue weighted by molar-refractivity contribution is 14.2. The Morgan fingerprint density at radius 2 is 1.89 bits per heavy atom. The van der Waals surface area contributed by atoms with Crippen LogP contribution in [0.25, 0.3) is 11.1 Å². The smallest absolute Gasteiger partial charge is 0.159 e. The second-order valence-corrected chi connectivity index (χ2v) is 16.8. The van der Waals surface area contributed by atoms with E-state index in [1.54, 1.807) is 13.2 Å². The molecule has 1 saturated carbocycles. The van der Waals surface area contributed by atoms with E-state index in [0.717, 1.165) is 90.7 Å². The van der Waals surface area contributed by atoms with E-state index in [0.29, 0.717) is 22.9 Å². The first-order valence-corrected chi connectivity index (χ1v) is 19.9. The molecule has 2 aromatic rings. The molecule has 3 aliphatic rings. The van der Waals surface area contributed by atoms with Crippen molar-refractivity contribution >= 4 is 64.0 Å². The van der Waals surface area contributed by atoms with Crippen LogP contribution in [-0.2, 0) is 0 Å². The third kappa shape index (κ3) is 5.89. The van der Waals surface area contributed by atoms with E-state index in [1.807, 2.05) is 13.1 Å². The number of hydrogen-bond donors (Lipinski definition) is 3. The van der Waals surface area contributed by atoms with Gasteiger partial charge in [-0.15, -0.1) is 0 Å². The predicted molar refractivity (Wildman–Crippen MR) is 198 cm³/mol. The number of piperazine rings is 1. The minimum absolute atomic E-state index is 0.212. The zero-order valence-corrected chi connectivity index (χ0v) is 31.3. The van der Waals surface area contributed by atoms with E-state index in [4.69, 9.17) is 27.8 Å². The summed E-state index contributed by atoms with van der Waals surface area (Å²) in [5, 5.41) is 18.1. The molecular formula is C32H48ClIN9P. The van der Waals surface area contributed by atoms with E-state index < -0.39 is 0 Å². The summed E-state index contributed by atoms with van der Waals surface area (Å²) in [5.74, 6) is 0.943. The topological polar surface area (TPSA) is 102 Å². The lowest BCUT2D eigenvalue weighted by molar-refractivity contribution is -0.127. The maximum absolute atomic E-state index is 8.51. The lowest BCUT2D eigenvalue weighted by Gasteiger charge is -2.62. The number of aromatic nitrogens is 2. The molecule has 12 heteroatoms. The highest BCUT2D eigenvalue weighted by Gasteiger charge is 2.55. The average Bonchev–Trinajstić information content (AvgIpc) is 3.22. The number of allylic oxidation sites excluding steroid dienone is 1. The summed E-state index contributed by atoms with van der Waals surface area (Å²) in [7, 11) is 1.77. The van der Waals surface area contributed by atoms with Gasteiger partial charge in [0.25, 0.3) is 0 Å². The van der Waals surface area contributed by atoms with Gasteiger partial charge in [-0.2, -0.15) is 5.10 Å². The van der Waals surface area contributed by atoms with E-state index in [2.05, 4.69) is 99.1 Å². The number of nitrogens with one attached hydrogen (secondary N) is 2. The molecule has 3 fully saturated rings. The Morgan fingerprint density at radius 1 is 1.20 bits per heavy atom. The number of nitrogens with two attached hydrogens (primary N) is 1. The van der Waals surface area contributed by atoms with Crippen molar-refractivity contribution < 1.29 is 0 Å². The molecule has 44 heavy (non-hydrogen) atoms. The molecule has 5 rings (SSSR count). The average molecular weight is 752 g/mol. The van der Waals surface area contributed by atoms with E-state index >= 15 is 0 Å². The van der Waals surface area contributed by atoms with Gasteiger partial charge in [-0.3, -0.25) is 14.6 Å². The van der Waals surface area contributed by atoms with Crippen LogP contribution in [0.3, 0.4) is 0 Å². The first-order chi connectivity index (χ1) is 20.7. The standard InChI is InChI=1S/C32H48ClIN9P/c1-20-11-25(39-44-34)24(15-36)27(28(20)33)26-21(2)43(22-12-32(13-22)18-41(19-32)30(3,4)5)38-29(26)42-10-9-40(17-31(42,6)7)23(14-35)16-37-8/h11,14-16,22,36,39,44H,9-10,12-13,17-19,35H2,1-8H3/b23-14+,36-15?,37-16?. The molecule has 2 aliphatic heterocycles. The highest BCUT2D eigenvalue weighted by Crippen LogP contribution is 2.57. The largest absolute Gasteiger partial charge is 0.403 e. The summed E-state index contributed by atoms with van der Waals surface area (Å²) in [6.07, 6.45) is 7.67. The van der Waals surface area contributed by atoms with Gasteiger partial charge < -0.3 is 26.0 Å². The van der Waals surface area contributed by atoms with Crippen LogP contribution in [-0.4, -0.2) is 82.9 Å². The summed E-state index contributed by atoms with van der Waals surface area (Å²) in [6.45, 7) is 20.3. The fraction of sp³-hybridized carbons (Fsp3) is 0.594. The molecule has 1 aliphatic carbocycles. The highest BCUT2D eigenvalue weighted by atomic mass is 127. The monoisotopic (exact) mass is 751 g/mol. The molecule has 3 heterocycles. The summed E-state index contributed by atoms with van der Waals surface area (Å²) in [5.41, 5.74) is 13.1. The van der Waals surface area contributed by atoms with E-state index in [9.17, 15) is 0 Å². The maximum atomic E-state index is 8.51. The molecule has 240 valence electrons. The molecule has 1 atom stereocenters. The minimum Gasteiger partial charge on any atom is -0.403 e. The number of likely N-dealkylation sites (tertiary alicyclic amines) is 1. The van der Waals surface area contributed by atoms with Crippen LogP contribution < -0.4 is 15.7 Å². The molecule has 1 aromatic heterocycles. The number of anilines is 2. The van der Waals surface area contributed by atoms with Crippen LogP contribution in [0.15, 0.2) is 23.0 Å². The second kappa shape index (κ2) is 12.4. The van der Waals surface area contributed by atoms with E-state index in [-0.39, 0.29) is 11.1 Å². The van der Waals surface area contributed by atoms with Crippen molar-refractivity contribution in [3.05, 3.63) is 39.8 Å². The van der Waals surface area contributed by atoms with Gasteiger partial charge in [-0.05, 0) is 100 Å². The van der Waals surface area contributed by atoms with Crippen molar-refractivity contribution in [2.24, 2.45) is 16.1 Å². The molecule has 9 nitrogen and oxygen atoms in total. The molecule has 0 amide bonds. The normalized spacial score (nSPS) is 21.0. The van der Waals surface area contributed by atoms with Gasteiger partial charge in [0.15, 0.2) is 5.82 Å². The van der Waals surface area contributed by atoms with Crippen LogP contribution in [0.2, 0.25) is 5.02 Å². The summed E-state index contributed by atoms with van der Waals surface area (Å²) in [4.78, 5) is 11.6. The number of halogens is 2. The van der Waals surface area contributed by atoms with Crippen LogP contribution in [0.4, 0.5) is 11.5 Å². The van der Waals surface area contributed by atoms with Gasteiger partial charge in [-0.25, -0.2) is 0 Å². The molecule has 2 saturated heterocycles. The zero-order chi connectivity index (χ0) is 32.2. The zero-order valence-electron chi connectivity index (χ0n) is 27.4. The van der Waals surface area contributed by atoms with Gasteiger partial charge in [0.2, 0.25) is 0 Å². The van der Waals surface area contributed by atoms with Crippen molar-refractivity contribution in [3.8, 4) is 11.1 Å². The molecular weight excluding hydrogens is 704 g/mol. The summed E-state index contributed by atoms with van der Waals surface area (Å²) < 4.78 is 2.28. The van der Waals surface area contributed by atoms with Crippen molar-refractivity contribution in [2.75, 3.05) is 49.8 Å². The molecule has 1 aromatic carbocycles. The van der Waals surface area contributed by atoms with Crippen LogP contribution in [0.1, 0.15) is 70.3 Å². The fourth-order valence-electron chi connectivity index (χ4n) is 7.44. The van der Waals surface area contributed by atoms with Gasteiger partial charge in [0.05, 0.1) is 22.3 Å². The number of rotatable bonds is 8. The third-order valence-corrected chi connectivity index (χ3v) is 11.5. The number of aliphatic imine (C=N–C) groups is 1. The third-order valence-electron chi connectivity index (χ3n) is 9.83. The molecule has 0 radical (unpaired) electrons. The van der Waals surface area contributed by atoms with Crippen LogP contribution in [0, 0.1) is 24.7 Å². The van der Waals surface area contributed by atoms with Gasteiger partial charge in [-0.1, -0.05) is 11.6 Å². The van der Waals surface area contributed by atoms with Crippen LogP contribution >= 0.6 is 40.0 Å². The van der Waals surface area contributed by atoms with Crippen molar-refractivity contribution in [1.82, 2.24) is 19.6 Å². The quantitative estimate of drug-likeness (QED) is 0.153. The first kappa shape index (κ1) is 33.5. The van der Waals surface area contributed by atoms with E-state index in [1.165, 1.54) is 6.21 Å². The lowest BCUT2D eigenvalue weighted by Crippen LogP contribution is -2.67. The molecule has 1 spiro atoms. The SMILES string of the molecule is CN=C/C(=C\N)N1CCN(c2nn(C3CC4(C3)CN(C(C)(C)C)C4)c(C)c2-c2c(Cl)c(C)cc(NPI)c2C=N)C(C)(C)C1. The molecule has 4 N–H and O–H groups in total. The minimum atomic E-state index is -0.262.